The van der Waals surface area contributed by atoms with Crippen LogP contribution < -0.4 is 14.8 Å². The zero-order chi connectivity index (χ0) is 19.1. The fourth-order valence-corrected chi connectivity index (χ4v) is 3.34. The van der Waals surface area contributed by atoms with Gasteiger partial charge in [0.2, 0.25) is 6.79 Å². The highest BCUT2D eigenvalue weighted by atomic mass is 16.7. The highest BCUT2D eigenvalue weighted by Crippen LogP contribution is 2.34. The molecule has 28 heavy (non-hydrogen) atoms. The normalized spacial score (nSPS) is 12.3. The molecule has 1 aliphatic heterocycles. The molecule has 0 spiro atoms. The molecule has 1 aliphatic rings. The number of amides is 1. The van der Waals surface area contributed by atoms with Crippen LogP contribution in [0.1, 0.15) is 15.9 Å². The summed E-state index contributed by atoms with van der Waals surface area (Å²) in [4.78, 5) is 17.8. The minimum atomic E-state index is -0.237. The van der Waals surface area contributed by atoms with E-state index in [0.717, 1.165) is 22.5 Å². The van der Waals surface area contributed by atoms with Gasteiger partial charge in [-0.15, -0.1) is 0 Å². The van der Waals surface area contributed by atoms with Crippen LogP contribution in [0.4, 0.5) is 5.82 Å². The Morgan fingerprint density at radius 2 is 1.86 bits per heavy atom. The number of benzene rings is 2. The van der Waals surface area contributed by atoms with Crippen molar-refractivity contribution in [3.63, 3.8) is 0 Å². The molecule has 1 amide bonds. The van der Waals surface area contributed by atoms with E-state index in [1.54, 1.807) is 18.2 Å². The van der Waals surface area contributed by atoms with E-state index < -0.39 is 0 Å². The van der Waals surface area contributed by atoms with Crippen molar-refractivity contribution in [3.05, 3.63) is 78.0 Å². The van der Waals surface area contributed by atoms with Gasteiger partial charge < -0.3 is 14.8 Å². The molecule has 2 aromatic carbocycles. The van der Waals surface area contributed by atoms with Gasteiger partial charge in [-0.2, -0.15) is 0 Å². The zero-order valence-corrected chi connectivity index (χ0v) is 15.2. The number of carbonyl (C=O) groups excluding carboxylic acids is 1. The number of imidazole rings is 1. The summed E-state index contributed by atoms with van der Waals surface area (Å²) in [6.07, 6.45) is 1.90. The molecule has 4 aromatic rings. The molecule has 1 N–H and O–H groups in total. The monoisotopic (exact) mass is 371 g/mol. The van der Waals surface area contributed by atoms with Crippen molar-refractivity contribution in [2.45, 2.75) is 6.92 Å². The predicted molar refractivity (Wildman–Crippen MR) is 106 cm³/mol. The van der Waals surface area contributed by atoms with Gasteiger partial charge in [0.1, 0.15) is 17.2 Å². The number of hydrogen-bond donors (Lipinski definition) is 1. The van der Waals surface area contributed by atoms with Crippen LogP contribution in [0.3, 0.4) is 0 Å². The fraction of sp³-hybridized carbons (Fsp3) is 0.0909. The first-order valence-corrected chi connectivity index (χ1v) is 8.95. The predicted octanol–water partition coefficient (Wildman–Crippen LogP) is 4.29. The van der Waals surface area contributed by atoms with Crippen LogP contribution in [0.25, 0.3) is 16.9 Å². The number of nitrogens with one attached hydrogen (secondary N) is 1. The van der Waals surface area contributed by atoms with E-state index in [0.29, 0.717) is 22.9 Å². The average Bonchev–Trinajstić information content (AvgIpc) is 3.34. The van der Waals surface area contributed by atoms with Crippen LogP contribution in [0.5, 0.6) is 11.5 Å². The van der Waals surface area contributed by atoms with Gasteiger partial charge in [-0.3, -0.25) is 9.20 Å². The van der Waals surface area contributed by atoms with Crippen molar-refractivity contribution in [2.24, 2.45) is 0 Å². The quantitative estimate of drug-likeness (QED) is 0.583. The molecule has 0 radical (unpaired) electrons. The Morgan fingerprint density at radius 1 is 1.04 bits per heavy atom. The van der Waals surface area contributed by atoms with E-state index in [1.807, 2.05) is 60.0 Å². The Labute approximate surface area is 161 Å². The van der Waals surface area contributed by atoms with Crippen molar-refractivity contribution in [2.75, 3.05) is 12.1 Å². The molecule has 138 valence electrons. The molecule has 0 saturated heterocycles. The van der Waals surface area contributed by atoms with Crippen LogP contribution in [0, 0.1) is 6.92 Å². The lowest BCUT2D eigenvalue weighted by atomic mass is 10.1. The van der Waals surface area contributed by atoms with E-state index in [9.17, 15) is 4.79 Å². The maximum Gasteiger partial charge on any atom is 0.256 e. The summed E-state index contributed by atoms with van der Waals surface area (Å²) in [5.74, 6) is 1.61. The zero-order valence-electron chi connectivity index (χ0n) is 15.2. The summed E-state index contributed by atoms with van der Waals surface area (Å²) in [7, 11) is 0. The van der Waals surface area contributed by atoms with Gasteiger partial charge in [0.05, 0.1) is 0 Å². The maximum absolute atomic E-state index is 13.0. The molecule has 0 saturated carbocycles. The summed E-state index contributed by atoms with van der Waals surface area (Å²) < 4.78 is 12.6. The lowest BCUT2D eigenvalue weighted by molar-refractivity contribution is 0.102. The van der Waals surface area contributed by atoms with E-state index in [-0.39, 0.29) is 12.7 Å². The van der Waals surface area contributed by atoms with Gasteiger partial charge in [-0.05, 0) is 36.8 Å². The molecular formula is C22H17N3O3. The van der Waals surface area contributed by atoms with Gasteiger partial charge >= 0.3 is 0 Å². The number of ether oxygens (including phenoxy) is 2. The van der Waals surface area contributed by atoms with Crippen LogP contribution >= 0.6 is 0 Å². The number of pyridine rings is 1. The number of rotatable bonds is 3. The van der Waals surface area contributed by atoms with Gasteiger partial charge in [0.15, 0.2) is 11.5 Å². The Kier molecular flexibility index (Phi) is 3.76. The molecule has 0 aliphatic carbocycles. The number of aromatic nitrogens is 2. The summed E-state index contributed by atoms with van der Waals surface area (Å²) in [5, 5.41) is 3.03. The van der Waals surface area contributed by atoms with Crippen LogP contribution in [-0.4, -0.2) is 22.1 Å². The average molecular weight is 371 g/mol. The largest absolute Gasteiger partial charge is 0.454 e. The first-order valence-electron chi connectivity index (χ1n) is 8.95. The second kappa shape index (κ2) is 6.42. The summed E-state index contributed by atoms with van der Waals surface area (Å²) in [6.45, 7) is 2.17. The number of fused-ring (bicyclic) bond motifs is 2. The van der Waals surface area contributed by atoms with Crippen molar-refractivity contribution >= 4 is 17.4 Å². The Morgan fingerprint density at radius 3 is 2.71 bits per heavy atom. The van der Waals surface area contributed by atoms with Crippen molar-refractivity contribution in [3.8, 4) is 22.8 Å². The van der Waals surface area contributed by atoms with Crippen molar-refractivity contribution in [1.82, 2.24) is 9.38 Å². The van der Waals surface area contributed by atoms with Crippen molar-refractivity contribution in [1.29, 1.82) is 0 Å². The number of hydrogen-bond acceptors (Lipinski definition) is 4. The molecule has 0 unspecified atom stereocenters. The molecule has 0 atom stereocenters. The first kappa shape index (κ1) is 16.4. The van der Waals surface area contributed by atoms with Gasteiger partial charge in [0.25, 0.3) is 5.91 Å². The summed E-state index contributed by atoms with van der Waals surface area (Å²) >= 11 is 0. The van der Waals surface area contributed by atoms with Gasteiger partial charge in [0, 0.05) is 17.3 Å². The molecule has 6 heteroatoms. The Bertz CT molecular complexity index is 1200. The SMILES string of the molecule is Cc1cccn2c(NC(=O)c3ccc4c(c3)OCO4)c(-c3ccccc3)nc12. The van der Waals surface area contributed by atoms with E-state index in [4.69, 9.17) is 14.5 Å². The third-order valence-corrected chi connectivity index (χ3v) is 4.76. The summed E-state index contributed by atoms with van der Waals surface area (Å²) in [5.41, 5.74) is 3.99. The molecule has 0 fully saturated rings. The standard InChI is InChI=1S/C22H17N3O3/c1-14-6-5-11-25-20(14)23-19(15-7-3-2-4-8-15)21(25)24-22(26)16-9-10-17-18(12-16)28-13-27-17/h2-12H,13H2,1H3,(H,24,26). The number of nitrogens with zero attached hydrogens (tertiary/aromatic N) is 2. The van der Waals surface area contributed by atoms with Gasteiger partial charge in [-0.25, -0.2) is 4.98 Å². The first-order chi connectivity index (χ1) is 13.7. The molecule has 5 rings (SSSR count). The van der Waals surface area contributed by atoms with E-state index >= 15 is 0 Å². The molecule has 6 nitrogen and oxygen atoms in total. The molecule has 3 heterocycles. The second-order valence-corrected chi connectivity index (χ2v) is 6.58. The molecule has 2 aromatic heterocycles. The Hall–Kier alpha value is -3.80. The minimum Gasteiger partial charge on any atom is -0.454 e. The fourth-order valence-electron chi connectivity index (χ4n) is 3.34. The lowest BCUT2D eigenvalue weighted by Crippen LogP contribution is -2.14. The lowest BCUT2D eigenvalue weighted by Gasteiger charge is -2.09. The van der Waals surface area contributed by atoms with E-state index in [2.05, 4.69) is 5.32 Å². The van der Waals surface area contributed by atoms with Crippen molar-refractivity contribution < 1.29 is 14.3 Å². The number of carbonyl (C=O) groups is 1. The van der Waals surface area contributed by atoms with Crippen LogP contribution in [0.2, 0.25) is 0 Å². The maximum atomic E-state index is 13.0. The Balaban J connectivity index is 1.60. The summed E-state index contributed by atoms with van der Waals surface area (Å²) in [6, 6.07) is 18.9. The number of anilines is 1. The second-order valence-electron chi connectivity index (χ2n) is 6.58. The topological polar surface area (TPSA) is 64.9 Å². The third kappa shape index (κ3) is 2.66. The van der Waals surface area contributed by atoms with E-state index in [1.165, 1.54) is 0 Å². The third-order valence-electron chi connectivity index (χ3n) is 4.76. The van der Waals surface area contributed by atoms with Gasteiger partial charge in [-0.1, -0.05) is 36.4 Å². The number of aryl methyl sites for hydroxylation is 1. The molecular weight excluding hydrogens is 354 g/mol. The van der Waals surface area contributed by atoms with Crippen LogP contribution in [-0.2, 0) is 0 Å². The smallest absolute Gasteiger partial charge is 0.256 e. The minimum absolute atomic E-state index is 0.172. The van der Waals surface area contributed by atoms with Crippen LogP contribution in [0.15, 0.2) is 66.9 Å². The highest BCUT2D eigenvalue weighted by molar-refractivity contribution is 6.06. The highest BCUT2D eigenvalue weighted by Gasteiger charge is 2.20. The molecule has 0 bridgehead atoms.